The second-order valence-corrected chi connectivity index (χ2v) is 7.94. The lowest BCUT2D eigenvalue weighted by Crippen LogP contribution is -2.41. The molecule has 2 fully saturated rings. The molecule has 0 bridgehead atoms. The molecule has 0 amide bonds. The molecule has 3 aromatic rings. The zero-order valence-corrected chi connectivity index (χ0v) is 15.4. The van der Waals surface area contributed by atoms with E-state index in [4.69, 9.17) is 4.98 Å². The number of H-pyrrole nitrogens is 1. The predicted molar refractivity (Wildman–Crippen MR) is 100 cm³/mol. The number of carbonyl (C=O) groups excluding carboxylic acids is 1. The summed E-state index contributed by atoms with van der Waals surface area (Å²) in [6.07, 6.45) is 8.62. The van der Waals surface area contributed by atoms with Crippen molar-refractivity contribution in [3.63, 3.8) is 0 Å². The van der Waals surface area contributed by atoms with Gasteiger partial charge in [-0.15, -0.1) is 0 Å². The van der Waals surface area contributed by atoms with Gasteiger partial charge in [0.1, 0.15) is 11.6 Å². The smallest absolute Gasteiger partial charge is 0.154 e. The number of carbonyl (C=O) groups is 1. The van der Waals surface area contributed by atoms with Crippen molar-refractivity contribution in [2.45, 2.75) is 45.1 Å². The lowest BCUT2D eigenvalue weighted by atomic mass is 9.86. The van der Waals surface area contributed by atoms with Crippen LogP contribution in [-0.2, 0) is 4.79 Å². The van der Waals surface area contributed by atoms with E-state index in [-0.39, 0.29) is 5.92 Å². The molecule has 1 saturated heterocycles. The van der Waals surface area contributed by atoms with Gasteiger partial charge in [0.2, 0.25) is 0 Å². The molecule has 1 saturated carbocycles. The number of piperidine rings is 1. The quantitative estimate of drug-likeness (QED) is 0.785. The van der Waals surface area contributed by atoms with Gasteiger partial charge < -0.3 is 4.98 Å². The Morgan fingerprint density at radius 2 is 2.19 bits per heavy atom. The van der Waals surface area contributed by atoms with Crippen molar-refractivity contribution >= 4 is 22.5 Å². The van der Waals surface area contributed by atoms with Crippen LogP contribution in [0.5, 0.6) is 0 Å². The van der Waals surface area contributed by atoms with Gasteiger partial charge >= 0.3 is 0 Å². The van der Waals surface area contributed by atoms with Crippen LogP contribution in [0.2, 0.25) is 0 Å². The second-order valence-electron chi connectivity index (χ2n) is 7.94. The number of ketones is 1. The fraction of sp³-hybridized carbons (Fsp3) is 0.550. The normalized spacial score (nSPS) is 29.5. The van der Waals surface area contributed by atoms with Gasteiger partial charge in [-0.2, -0.15) is 0 Å². The van der Waals surface area contributed by atoms with E-state index in [9.17, 15) is 4.79 Å². The maximum atomic E-state index is 12.0. The second kappa shape index (κ2) is 5.91. The number of Topliss-reactive ketones (excluding diaryl/α,β-unsaturated/α-hetero) is 1. The van der Waals surface area contributed by atoms with Crippen molar-refractivity contribution in [3.8, 4) is 0 Å². The zero-order chi connectivity index (χ0) is 17.8. The minimum absolute atomic E-state index is 0.270. The van der Waals surface area contributed by atoms with E-state index >= 15 is 0 Å². The van der Waals surface area contributed by atoms with Crippen LogP contribution in [0.4, 0.5) is 0 Å². The van der Waals surface area contributed by atoms with Crippen molar-refractivity contribution < 1.29 is 4.79 Å². The van der Waals surface area contributed by atoms with Crippen LogP contribution in [-0.4, -0.2) is 49.2 Å². The summed E-state index contributed by atoms with van der Waals surface area (Å²) in [6, 6.07) is 2.53. The molecule has 0 aromatic carbocycles. The third-order valence-corrected chi connectivity index (χ3v) is 6.40. The molecular weight excluding hydrogens is 326 g/mol. The monoisotopic (exact) mass is 351 g/mol. The highest BCUT2D eigenvalue weighted by Gasteiger charge is 2.47. The molecule has 26 heavy (non-hydrogen) atoms. The number of fused-ring (bicyclic) bond motifs is 3. The van der Waals surface area contributed by atoms with Crippen LogP contribution in [0.25, 0.3) is 16.7 Å². The first-order valence-corrected chi connectivity index (χ1v) is 9.73. The number of nitrogens with one attached hydrogen (secondary N) is 1. The van der Waals surface area contributed by atoms with Crippen LogP contribution in [0.1, 0.15) is 44.9 Å². The average molecular weight is 351 g/mol. The summed E-state index contributed by atoms with van der Waals surface area (Å²) in [6.45, 7) is 6.40. The van der Waals surface area contributed by atoms with Crippen LogP contribution >= 0.6 is 0 Å². The van der Waals surface area contributed by atoms with Crippen LogP contribution in [0.3, 0.4) is 0 Å². The highest BCUT2D eigenvalue weighted by atomic mass is 16.1. The molecule has 1 aliphatic carbocycles. The van der Waals surface area contributed by atoms with Gasteiger partial charge in [0, 0.05) is 37.0 Å². The zero-order valence-electron chi connectivity index (χ0n) is 15.4. The molecule has 2 aliphatic rings. The van der Waals surface area contributed by atoms with Crippen LogP contribution in [0, 0.1) is 11.8 Å². The van der Waals surface area contributed by atoms with E-state index in [2.05, 4.69) is 32.3 Å². The lowest BCUT2D eigenvalue weighted by Gasteiger charge is -2.37. The number of rotatable bonds is 4. The molecule has 0 spiro atoms. The van der Waals surface area contributed by atoms with Crippen LogP contribution < -0.4 is 0 Å². The Bertz CT molecular complexity index is 973. The number of hydrogen-bond acceptors (Lipinski definition) is 4. The van der Waals surface area contributed by atoms with Gasteiger partial charge in [-0.05, 0) is 31.4 Å². The third kappa shape index (κ3) is 2.39. The first-order valence-electron chi connectivity index (χ1n) is 9.73. The topological polar surface area (TPSA) is 66.3 Å². The summed E-state index contributed by atoms with van der Waals surface area (Å²) in [7, 11) is 0. The summed E-state index contributed by atoms with van der Waals surface area (Å²) < 4.78 is 2.26. The summed E-state index contributed by atoms with van der Waals surface area (Å²) in [5.41, 5.74) is 3.03. The summed E-state index contributed by atoms with van der Waals surface area (Å²) in [4.78, 5) is 27.1. The Morgan fingerprint density at radius 1 is 1.35 bits per heavy atom. The molecule has 136 valence electrons. The number of nitrogens with zero attached hydrogens (tertiary/aromatic N) is 4. The fourth-order valence-electron chi connectivity index (χ4n) is 4.69. The largest absolute Gasteiger partial charge is 0.345 e. The first-order chi connectivity index (χ1) is 12.7. The average Bonchev–Trinajstić information content (AvgIpc) is 3.11. The predicted octanol–water partition coefficient (Wildman–Crippen LogP) is 3.00. The molecule has 0 radical (unpaired) electrons. The van der Waals surface area contributed by atoms with Crippen molar-refractivity contribution in [2.24, 2.45) is 11.8 Å². The Labute approximate surface area is 152 Å². The summed E-state index contributed by atoms with van der Waals surface area (Å²) in [5.74, 6) is 2.79. The third-order valence-electron chi connectivity index (χ3n) is 6.40. The first kappa shape index (κ1) is 16.0. The summed E-state index contributed by atoms with van der Waals surface area (Å²) >= 11 is 0. The molecule has 1 aliphatic heterocycles. The molecular formula is C20H25N5O. The van der Waals surface area contributed by atoms with E-state index < -0.39 is 0 Å². The van der Waals surface area contributed by atoms with Crippen molar-refractivity contribution in [1.29, 1.82) is 0 Å². The molecule has 3 aromatic heterocycles. The van der Waals surface area contributed by atoms with Gasteiger partial charge in [0.25, 0.3) is 0 Å². The Balaban J connectivity index is 1.48. The van der Waals surface area contributed by atoms with Gasteiger partial charge in [-0.3, -0.25) is 14.1 Å². The van der Waals surface area contributed by atoms with Gasteiger partial charge in [-0.25, -0.2) is 9.97 Å². The fourth-order valence-corrected chi connectivity index (χ4v) is 4.69. The summed E-state index contributed by atoms with van der Waals surface area (Å²) in [5, 5.41) is 0. The number of aromatic nitrogens is 4. The van der Waals surface area contributed by atoms with E-state index in [0.717, 1.165) is 48.4 Å². The number of imidazole rings is 1. The molecule has 6 nitrogen and oxygen atoms in total. The highest BCUT2D eigenvalue weighted by Crippen LogP contribution is 2.42. The van der Waals surface area contributed by atoms with E-state index in [1.807, 2.05) is 25.5 Å². The standard InChI is InChI=1S/C20H25N5O/c1-3-18(26)14-8-17(14)24-7-5-12(2)15(11-24)20-23-10-13-9-22-19-16(25(13)20)4-6-21-19/h4,6,9-10,12,14-15,17,21H,3,5,7-8,11H2,1-2H3/t12-,14?,15+,17?/m0/s1. The minimum atomic E-state index is 0.270. The molecule has 5 rings (SSSR count). The Hall–Kier alpha value is -2.21. The molecule has 6 heteroatoms. The van der Waals surface area contributed by atoms with Gasteiger partial charge in [-0.1, -0.05) is 13.8 Å². The van der Waals surface area contributed by atoms with E-state index in [1.165, 1.54) is 0 Å². The van der Waals surface area contributed by atoms with Gasteiger partial charge in [0.15, 0.2) is 5.65 Å². The highest BCUT2D eigenvalue weighted by molar-refractivity contribution is 5.84. The van der Waals surface area contributed by atoms with E-state index in [0.29, 0.717) is 30.1 Å². The number of aromatic amines is 1. The van der Waals surface area contributed by atoms with Crippen molar-refractivity contribution in [3.05, 3.63) is 30.5 Å². The Kier molecular flexibility index (Phi) is 3.64. The molecule has 2 unspecified atom stereocenters. The lowest BCUT2D eigenvalue weighted by molar-refractivity contribution is -0.120. The molecule has 4 heterocycles. The van der Waals surface area contributed by atoms with Gasteiger partial charge in [0.05, 0.1) is 23.4 Å². The van der Waals surface area contributed by atoms with Crippen LogP contribution in [0.15, 0.2) is 24.7 Å². The number of hydrogen-bond donors (Lipinski definition) is 1. The molecule has 4 atom stereocenters. The molecule has 1 N–H and O–H groups in total. The Morgan fingerprint density at radius 3 is 3.04 bits per heavy atom. The van der Waals surface area contributed by atoms with E-state index in [1.54, 1.807) is 0 Å². The van der Waals surface area contributed by atoms with Crippen molar-refractivity contribution in [2.75, 3.05) is 13.1 Å². The maximum Gasteiger partial charge on any atom is 0.154 e. The van der Waals surface area contributed by atoms with Crippen molar-refractivity contribution in [1.82, 2.24) is 24.3 Å². The SMILES string of the molecule is CCC(=O)C1CC1N1CC[C@H](C)[C@H](c2ncc3cnc4[nH]ccc4n23)C1. The number of likely N-dealkylation sites (tertiary alicyclic amines) is 1. The maximum absolute atomic E-state index is 12.0. The minimum Gasteiger partial charge on any atom is -0.345 e.